The minimum absolute atomic E-state index is 0.239. The smallest absolute Gasteiger partial charge is 0.407 e. The quantitative estimate of drug-likeness (QED) is 0.550. The van der Waals surface area contributed by atoms with Crippen LogP contribution in [0.5, 0.6) is 5.75 Å². The molecule has 0 aromatic heterocycles. The fraction of sp³-hybridized carbons (Fsp3) is 0.619. The molecule has 0 spiro atoms. The Morgan fingerprint density at radius 2 is 1.89 bits per heavy atom. The lowest BCUT2D eigenvalue weighted by Crippen LogP contribution is -2.70. The zero-order valence-corrected chi connectivity index (χ0v) is 16.1. The highest BCUT2D eigenvalue weighted by Crippen LogP contribution is 2.27. The monoisotopic (exact) mass is 374 g/mol. The molecule has 148 valence electrons. The molecule has 1 aromatic rings. The number of hydrogen-bond acceptors (Lipinski definition) is 4. The number of rotatable bonds is 8. The highest BCUT2D eigenvalue weighted by atomic mass is 16.7. The lowest BCUT2D eigenvalue weighted by molar-refractivity contribution is -0.194. The van der Waals surface area contributed by atoms with Crippen molar-refractivity contribution in [2.75, 3.05) is 6.61 Å². The van der Waals surface area contributed by atoms with Gasteiger partial charge in [-0.1, -0.05) is 56.7 Å². The van der Waals surface area contributed by atoms with E-state index in [2.05, 4.69) is 5.32 Å². The van der Waals surface area contributed by atoms with Gasteiger partial charge in [-0.3, -0.25) is 4.79 Å². The Kier molecular flexibility index (Phi) is 6.96. The van der Waals surface area contributed by atoms with Crippen LogP contribution < -0.4 is 10.2 Å². The van der Waals surface area contributed by atoms with Crippen molar-refractivity contribution in [2.24, 2.45) is 5.92 Å². The summed E-state index contributed by atoms with van der Waals surface area (Å²) in [5, 5.41) is 3.92. The summed E-state index contributed by atoms with van der Waals surface area (Å²) in [4.78, 5) is 29.7. The summed E-state index contributed by atoms with van der Waals surface area (Å²) in [6, 6.07) is 8.28. The van der Waals surface area contributed by atoms with Crippen LogP contribution >= 0.6 is 0 Å². The third-order valence-corrected chi connectivity index (χ3v) is 5.52. The van der Waals surface area contributed by atoms with E-state index >= 15 is 0 Å². The molecule has 0 unspecified atom stereocenters. The maximum Gasteiger partial charge on any atom is 0.407 e. The van der Waals surface area contributed by atoms with Crippen molar-refractivity contribution in [1.82, 2.24) is 10.4 Å². The average Bonchev–Trinajstić information content (AvgIpc) is 2.71. The number of alkyl carbamates (subject to hydrolysis) is 1. The molecule has 1 N–H and O–H groups in total. The maximum atomic E-state index is 12.2. The number of unbranched alkanes of at least 4 members (excludes halogenated alkanes) is 1. The van der Waals surface area contributed by atoms with Gasteiger partial charge in [0.25, 0.3) is 5.91 Å². The number of nitrogens with zero attached hydrogens (tertiary/aromatic N) is 1. The number of β-lactam (4-membered cyclic amide) rings is 1. The number of nitrogens with one attached hydrogen (secondary N) is 1. The van der Waals surface area contributed by atoms with Crippen LogP contribution in [0.2, 0.25) is 0 Å². The fourth-order valence-corrected chi connectivity index (χ4v) is 3.85. The van der Waals surface area contributed by atoms with Crippen LogP contribution in [0.15, 0.2) is 30.3 Å². The minimum atomic E-state index is -0.594. The molecule has 2 atom stereocenters. The van der Waals surface area contributed by atoms with Gasteiger partial charge in [-0.15, -0.1) is 0 Å². The highest BCUT2D eigenvalue weighted by Gasteiger charge is 2.48. The second kappa shape index (κ2) is 9.62. The molecule has 2 amide bonds. The molecule has 27 heavy (non-hydrogen) atoms. The van der Waals surface area contributed by atoms with Crippen molar-refractivity contribution >= 4 is 12.0 Å². The molecular weight excluding hydrogens is 344 g/mol. The lowest BCUT2D eigenvalue weighted by atomic mass is 9.86. The molecule has 1 aliphatic carbocycles. The predicted molar refractivity (Wildman–Crippen MR) is 102 cm³/mol. The molecule has 1 aliphatic heterocycles. The Labute approximate surface area is 161 Å². The first-order chi connectivity index (χ1) is 13.1. The normalized spacial score (nSPS) is 22.9. The Balaban J connectivity index is 1.30. The molecule has 0 bridgehead atoms. The summed E-state index contributed by atoms with van der Waals surface area (Å²) in [7, 11) is 0. The van der Waals surface area contributed by atoms with Gasteiger partial charge in [0.2, 0.25) is 0 Å². The van der Waals surface area contributed by atoms with Crippen LogP contribution in [0.1, 0.15) is 58.3 Å². The van der Waals surface area contributed by atoms with E-state index in [0.29, 0.717) is 12.4 Å². The van der Waals surface area contributed by atoms with Crippen LogP contribution in [0, 0.1) is 5.92 Å². The number of hydroxylamine groups is 2. The zero-order valence-electron chi connectivity index (χ0n) is 16.1. The van der Waals surface area contributed by atoms with Gasteiger partial charge in [0.1, 0.15) is 6.04 Å². The molecule has 1 saturated carbocycles. The van der Waals surface area contributed by atoms with Crippen LogP contribution in [-0.4, -0.2) is 35.8 Å². The number of hydrogen-bond donors (Lipinski definition) is 1. The molecular formula is C21H30N2O4. The third-order valence-electron chi connectivity index (χ3n) is 5.52. The molecule has 1 aromatic carbocycles. The minimum Gasteiger partial charge on any atom is -0.450 e. The second-order valence-electron chi connectivity index (χ2n) is 7.57. The van der Waals surface area contributed by atoms with Crippen LogP contribution in [-0.2, 0) is 9.53 Å². The van der Waals surface area contributed by atoms with Gasteiger partial charge in [0, 0.05) is 0 Å². The van der Waals surface area contributed by atoms with Gasteiger partial charge in [-0.05, 0) is 37.8 Å². The van der Waals surface area contributed by atoms with Crippen molar-refractivity contribution in [3.8, 4) is 5.75 Å². The number of para-hydroxylation sites is 1. The van der Waals surface area contributed by atoms with Crippen molar-refractivity contribution < 1.29 is 19.2 Å². The maximum absolute atomic E-state index is 12.2. The largest absolute Gasteiger partial charge is 0.450 e. The Morgan fingerprint density at radius 3 is 2.59 bits per heavy atom. The molecule has 2 aliphatic rings. The Bertz CT molecular complexity index is 616. The van der Waals surface area contributed by atoms with E-state index in [4.69, 9.17) is 9.57 Å². The number of ether oxygens (including phenoxy) is 1. The summed E-state index contributed by atoms with van der Waals surface area (Å²) in [6.07, 6.45) is 9.48. The summed E-state index contributed by atoms with van der Waals surface area (Å²) in [5.74, 6) is 1.19. The van der Waals surface area contributed by atoms with E-state index in [0.717, 1.165) is 18.8 Å². The van der Waals surface area contributed by atoms with E-state index in [1.807, 2.05) is 25.1 Å². The van der Waals surface area contributed by atoms with Gasteiger partial charge in [0.15, 0.2) is 5.75 Å². The highest BCUT2D eigenvalue weighted by molar-refractivity contribution is 5.91. The molecule has 0 radical (unpaired) electrons. The average molecular weight is 374 g/mol. The van der Waals surface area contributed by atoms with E-state index in [1.54, 1.807) is 12.1 Å². The SMILES string of the molecule is C[C@H]1[C@H](NC(=O)OCCCCC2CCCCC2)C(=O)N1Oc1ccccc1. The van der Waals surface area contributed by atoms with Gasteiger partial charge in [-0.25, -0.2) is 4.79 Å². The number of benzene rings is 1. The fourth-order valence-electron chi connectivity index (χ4n) is 3.85. The van der Waals surface area contributed by atoms with E-state index in [1.165, 1.54) is 43.6 Å². The number of carbonyl (C=O) groups is 2. The molecule has 1 saturated heterocycles. The Hall–Kier alpha value is -2.24. The topological polar surface area (TPSA) is 67.9 Å². The molecule has 1 heterocycles. The first kappa shape index (κ1) is 19.5. The van der Waals surface area contributed by atoms with Crippen molar-refractivity contribution in [2.45, 2.75) is 70.4 Å². The summed E-state index contributed by atoms with van der Waals surface area (Å²) < 4.78 is 5.23. The van der Waals surface area contributed by atoms with E-state index < -0.39 is 12.1 Å². The molecule has 6 heteroatoms. The van der Waals surface area contributed by atoms with Crippen molar-refractivity contribution in [1.29, 1.82) is 0 Å². The van der Waals surface area contributed by atoms with Crippen molar-refractivity contribution in [3.05, 3.63) is 30.3 Å². The summed E-state index contributed by atoms with van der Waals surface area (Å²) >= 11 is 0. The van der Waals surface area contributed by atoms with Crippen LogP contribution in [0.3, 0.4) is 0 Å². The van der Waals surface area contributed by atoms with Gasteiger partial charge < -0.3 is 14.9 Å². The van der Waals surface area contributed by atoms with E-state index in [-0.39, 0.29) is 11.9 Å². The van der Waals surface area contributed by atoms with Crippen molar-refractivity contribution in [3.63, 3.8) is 0 Å². The summed E-state index contributed by atoms with van der Waals surface area (Å²) in [6.45, 7) is 2.23. The van der Waals surface area contributed by atoms with Gasteiger partial charge in [0.05, 0.1) is 12.6 Å². The van der Waals surface area contributed by atoms with Crippen LogP contribution in [0.4, 0.5) is 4.79 Å². The predicted octanol–water partition coefficient (Wildman–Crippen LogP) is 4.06. The number of amides is 2. The van der Waals surface area contributed by atoms with Gasteiger partial charge in [-0.2, -0.15) is 5.06 Å². The van der Waals surface area contributed by atoms with Gasteiger partial charge >= 0.3 is 6.09 Å². The second-order valence-corrected chi connectivity index (χ2v) is 7.57. The van der Waals surface area contributed by atoms with Crippen LogP contribution in [0.25, 0.3) is 0 Å². The molecule has 2 fully saturated rings. The number of carbonyl (C=O) groups excluding carboxylic acids is 2. The molecule has 3 rings (SSSR count). The Morgan fingerprint density at radius 1 is 1.15 bits per heavy atom. The standard InChI is InChI=1S/C21H30N2O4/c1-16-19(20(24)23(16)27-18-13-6-3-7-14-18)22-21(25)26-15-9-8-12-17-10-4-2-5-11-17/h3,6-7,13-14,16-17,19H,2,4-5,8-12,15H2,1H3,(H,22,25)/t16-,19-/m0/s1. The first-order valence-corrected chi connectivity index (χ1v) is 10.1. The molecule has 6 nitrogen and oxygen atoms in total. The van der Waals surface area contributed by atoms with E-state index in [9.17, 15) is 9.59 Å². The lowest BCUT2D eigenvalue weighted by Gasteiger charge is -2.43. The third kappa shape index (κ3) is 5.37. The summed E-state index contributed by atoms with van der Waals surface area (Å²) in [5.41, 5.74) is 0. The first-order valence-electron chi connectivity index (χ1n) is 10.1. The zero-order chi connectivity index (χ0) is 19.1.